The molecule has 2 atom stereocenters. The van der Waals surface area contributed by atoms with Gasteiger partial charge in [-0.3, -0.25) is 9.69 Å². The van der Waals surface area contributed by atoms with Crippen molar-refractivity contribution in [1.29, 1.82) is 5.26 Å². The van der Waals surface area contributed by atoms with Gasteiger partial charge in [-0.1, -0.05) is 36.4 Å². The van der Waals surface area contributed by atoms with E-state index in [4.69, 9.17) is 10.7 Å². The van der Waals surface area contributed by atoms with E-state index >= 15 is 0 Å². The lowest BCUT2D eigenvalue weighted by molar-refractivity contribution is -0.130. The zero-order chi connectivity index (χ0) is 24.0. The van der Waals surface area contributed by atoms with Crippen LogP contribution in [0.5, 0.6) is 0 Å². The molecular formula is C26H25FN4OS. The lowest BCUT2D eigenvalue weighted by Gasteiger charge is -2.40. The summed E-state index contributed by atoms with van der Waals surface area (Å²) in [6.45, 7) is 4.92. The number of carbonyl (C=O) groups excluding carboxylic acids is 1. The predicted molar refractivity (Wildman–Crippen MR) is 130 cm³/mol. The zero-order valence-corrected chi connectivity index (χ0v) is 19.8. The minimum Gasteiger partial charge on any atom is -0.369 e. The van der Waals surface area contributed by atoms with E-state index in [1.54, 1.807) is 37.4 Å². The van der Waals surface area contributed by atoms with Gasteiger partial charge in [0.25, 0.3) is 0 Å². The number of nitrogens with two attached hydrogens (primary N) is 1. The number of aliphatic imine (C=N–C) groups is 1. The molecule has 2 aromatic carbocycles. The van der Waals surface area contributed by atoms with E-state index in [0.717, 1.165) is 21.6 Å². The van der Waals surface area contributed by atoms with Crippen LogP contribution < -0.4 is 5.73 Å². The van der Waals surface area contributed by atoms with Crippen LogP contribution >= 0.6 is 11.3 Å². The number of halogens is 1. The molecule has 0 saturated heterocycles. The van der Waals surface area contributed by atoms with Crippen molar-refractivity contribution in [2.24, 2.45) is 10.7 Å². The van der Waals surface area contributed by atoms with Crippen molar-refractivity contribution < 1.29 is 9.18 Å². The maximum absolute atomic E-state index is 14.4. The van der Waals surface area contributed by atoms with Crippen LogP contribution in [0.1, 0.15) is 48.3 Å². The van der Waals surface area contributed by atoms with Gasteiger partial charge in [-0.05, 0) is 66.6 Å². The second-order valence-corrected chi connectivity index (χ2v) is 9.85. The topological polar surface area (TPSA) is 82.5 Å². The molecular weight excluding hydrogens is 435 g/mol. The lowest BCUT2D eigenvalue weighted by atomic mass is 9.77. The molecule has 0 aliphatic carbocycles. The number of hydrogen-bond acceptors (Lipinski definition) is 5. The predicted octanol–water partition coefficient (Wildman–Crippen LogP) is 5.28. The first-order valence-electron chi connectivity index (χ1n) is 10.6. The van der Waals surface area contributed by atoms with E-state index in [1.807, 2.05) is 36.6 Å². The van der Waals surface area contributed by atoms with Gasteiger partial charge in [-0.2, -0.15) is 5.26 Å². The summed E-state index contributed by atoms with van der Waals surface area (Å²) in [6, 6.07) is 18.6. The number of carbonyl (C=O) groups is 1. The molecule has 2 N–H and O–H groups in total. The van der Waals surface area contributed by atoms with Gasteiger partial charge in [0.2, 0.25) is 5.91 Å². The Morgan fingerprint density at radius 3 is 2.52 bits per heavy atom. The van der Waals surface area contributed by atoms with Crippen LogP contribution in [0.15, 0.2) is 65.0 Å². The molecule has 0 unspecified atom stereocenters. The average molecular weight is 461 g/mol. The van der Waals surface area contributed by atoms with Crippen molar-refractivity contribution in [1.82, 2.24) is 4.90 Å². The Morgan fingerprint density at radius 1 is 1.18 bits per heavy atom. The van der Waals surface area contributed by atoms with E-state index in [9.17, 15) is 14.4 Å². The number of alkyl halides is 1. The van der Waals surface area contributed by atoms with Crippen molar-refractivity contribution >= 4 is 23.2 Å². The first-order chi connectivity index (χ1) is 15.5. The first-order valence-corrected chi connectivity index (χ1v) is 11.4. The summed E-state index contributed by atoms with van der Waals surface area (Å²) in [5.74, 6) is -0.635. The van der Waals surface area contributed by atoms with Gasteiger partial charge in [-0.15, -0.1) is 11.3 Å². The summed E-state index contributed by atoms with van der Waals surface area (Å²) in [5, 5.41) is 11.2. The molecule has 1 aromatic heterocycles. The van der Waals surface area contributed by atoms with Crippen LogP contribution in [0.2, 0.25) is 0 Å². The molecule has 1 amide bonds. The second-order valence-electron chi connectivity index (χ2n) is 8.93. The van der Waals surface area contributed by atoms with Gasteiger partial charge in [0, 0.05) is 11.9 Å². The number of likely N-dealkylation sites (N-methyl/N-ethyl adjacent to an activating group) is 1. The van der Waals surface area contributed by atoms with Crippen molar-refractivity contribution in [3.63, 3.8) is 0 Å². The first kappa shape index (κ1) is 22.7. The average Bonchev–Trinajstić information content (AvgIpc) is 3.29. The Bertz CT molecular complexity index is 1280. The Kier molecular flexibility index (Phi) is 5.59. The van der Waals surface area contributed by atoms with Gasteiger partial charge >= 0.3 is 0 Å². The second kappa shape index (κ2) is 8.13. The summed E-state index contributed by atoms with van der Waals surface area (Å²) < 4.78 is 14.4. The van der Waals surface area contributed by atoms with E-state index in [-0.39, 0.29) is 11.9 Å². The number of nitrogens with zero attached hydrogens (tertiary/aromatic N) is 3. The van der Waals surface area contributed by atoms with Crippen LogP contribution in [0, 0.1) is 11.3 Å². The van der Waals surface area contributed by atoms with Crippen LogP contribution in [-0.4, -0.2) is 23.8 Å². The molecule has 0 fully saturated rings. The molecule has 168 valence electrons. The van der Waals surface area contributed by atoms with Crippen LogP contribution in [0.25, 0.3) is 11.1 Å². The molecule has 2 heterocycles. The molecule has 1 aliphatic rings. The third-order valence-electron chi connectivity index (χ3n) is 6.18. The Morgan fingerprint density at radius 2 is 1.88 bits per heavy atom. The fraction of sp³-hybridized carbons (Fsp3) is 0.269. The monoisotopic (exact) mass is 460 g/mol. The van der Waals surface area contributed by atoms with Crippen molar-refractivity contribution in [3.05, 3.63) is 81.5 Å². The van der Waals surface area contributed by atoms with Crippen molar-refractivity contribution in [3.8, 4) is 17.2 Å². The molecule has 3 aromatic rings. The standard InChI is InChI=1S/C26H25FN4OS/c1-25(2,27)20-10-8-17(9-11-20)22-23(32)31(4)24(29)30-26(22,3)21-13-19(15-33-21)18-7-5-6-16(12-18)14-28/h5-13,15,22H,1-4H3,(H2,29,30)/t22-,26+/m0/s1. The molecule has 0 radical (unpaired) electrons. The highest BCUT2D eigenvalue weighted by molar-refractivity contribution is 7.10. The number of rotatable bonds is 4. The van der Waals surface area contributed by atoms with E-state index < -0.39 is 17.1 Å². The van der Waals surface area contributed by atoms with E-state index in [2.05, 4.69) is 6.07 Å². The van der Waals surface area contributed by atoms with E-state index in [1.165, 1.54) is 30.1 Å². The van der Waals surface area contributed by atoms with Crippen molar-refractivity contribution in [2.45, 2.75) is 37.9 Å². The van der Waals surface area contributed by atoms with Gasteiger partial charge in [-0.25, -0.2) is 9.38 Å². The number of nitriles is 1. The lowest BCUT2D eigenvalue weighted by Crippen LogP contribution is -2.52. The summed E-state index contributed by atoms with van der Waals surface area (Å²) in [6.07, 6.45) is 0. The fourth-order valence-electron chi connectivity index (χ4n) is 4.18. The number of benzene rings is 2. The SMILES string of the molecule is CN1C(=O)[C@H](c2ccc(C(C)(C)F)cc2)[C@@](C)(c2cc(-c3cccc(C#N)c3)cs2)N=C1N. The highest BCUT2D eigenvalue weighted by Crippen LogP contribution is 2.47. The highest BCUT2D eigenvalue weighted by Gasteiger charge is 2.48. The van der Waals surface area contributed by atoms with Gasteiger partial charge < -0.3 is 5.73 Å². The van der Waals surface area contributed by atoms with Crippen LogP contribution in [0.4, 0.5) is 4.39 Å². The molecule has 0 spiro atoms. The Balaban J connectivity index is 1.81. The summed E-state index contributed by atoms with van der Waals surface area (Å²) in [7, 11) is 1.61. The minimum absolute atomic E-state index is 0.154. The molecule has 1 aliphatic heterocycles. The minimum atomic E-state index is -1.47. The Labute approximate surface area is 197 Å². The Hall–Kier alpha value is -3.50. The number of hydrogen-bond donors (Lipinski definition) is 1. The van der Waals surface area contributed by atoms with Gasteiger partial charge in [0.1, 0.15) is 11.2 Å². The third-order valence-corrected chi connectivity index (χ3v) is 7.34. The summed E-state index contributed by atoms with van der Waals surface area (Å²) >= 11 is 1.50. The highest BCUT2D eigenvalue weighted by atomic mass is 32.1. The number of amides is 1. The maximum Gasteiger partial charge on any atom is 0.239 e. The largest absolute Gasteiger partial charge is 0.369 e. The molecule has 5 nitrogen and oxygen atoms in total. The number of guanidine groups is 1. The quantitative estimate of drug-likeness (QED) is 0.575. The van der Waals surface area contributed by atoms with Crippen LogP contribution in [0.3, 0.4) is 0 Å². The molecule has 0 saturated carbocycles. The zero-order valence-electron chi connectivity index (χ0n) is 19.0. The summed E-state index contributed by atoms with van der Waals surface area (Å²) in [4.78, 5) is 20.4. The van der Waals surface area contributed by atoms with Gasteiger partial charge in [0.05, 0.1) is 17.6 Å². The van der Waals surface area contributed by atoms with Crippen molar-refractivity contribution in [2.75, 3.05) is 7.05 Å². The molecule has 4 rings (SSSR count). The molecule has 7 heteroatoms. The normalized spacial score (nSPS) is 21.0. The fourth-order valence-corrected chi connectivity index (χ4v) is 5.24. The smallest absolute Gasteiger partial charge is 0.239 e. The maximum atomic E-state index is 14.4. The van der Waals surface area contributed by atoms with E-state index in [0.29, 0.717) is 11.1 Å². The molecule has 33 heavy (non-hydrogen) atoms. The molecule has 0 bridgehead atoms. The van der Waals surface area contributed by atoms with Crippen LogP contribution in [-0.2, 0) is 16.0 Å². The summed E-state index contributed by atoms with van der Waals surface area (Å²) in [5.41, 5.74) is 7.47. The number of thiophene rings is 1. The third kappa shape index (κ3) is 4.03. The van der Waals surface area contributed by atoms with Gasteiger partial charge in [0.15, 0.2) is 5.96 Å².